The number of aromatic nitrogens is 2. The summed E-state index contributed by atoms with van der Waals surface area (Å²) in [4.78, 5) is 0. The van der Waals surface area contributed by atoms with Crippen LogP contribution in [0.3, 0.4) is 0 Å². The topological polar surface area (TPSA) is 48.3 Å². The first kappa shape index (κ1) is 13.0. The van der Waals surface area contributed by atoms with Gasteiger partial charge in [-0.25, -0.2) is 0 Å². The van der Waals surface area contributed by atoms with E-state index in [1.54, 1.807) is 0 Å². The van der Waals surface area contributed by atoms with Gasteiger partial charge in [-0.3, -0.25) is 4.68 Å². The molecular formula is C11H18BrN3O2. The molecule has 0 aliphatic carbocycles. The van der Waals surface area contributed by atoms with Crippen LogP contribution in [0.25, 0.3) is 0 Å². The summed E-state index contributed by atoms with van der Waals surface area (Å²) in [5.74, 6) is 0. The van der Waals surface area contributed by atoms with Crippen molar-refractivity contribution >= 4 is 15.9 Å². The second-order valence-corrected chi connectivity index (χ2v) is 4.96. The summed E-state index contributed by atoms with van der Waals surface area (Å²) in [5.41, 5.74) is 2.17. The van der Waals surface area contributed by atoms with Crippen LogP contribution in [-0.4, -0.2) is 42.2 Å². The van der Waals surface area contributed by atoms with E-state index in [2.05, 4.69) is 26.3 Å². The highest BCUT2D eigenvalue weighted by Gasteiger charge is 2.15. The fourth-order valence-corrected chi connectivity index (χ4v) is 2.35. The third-order valence-corrected chi connectivity index (χ3v) is 3.84. The first-order valence-electron chi connectivity index (χ1n) is 5.76. The van der Waals surface area contributed by atoms with Crippen molar-refractivity contribution in [3.63, 3.8) is 0 Å². The van der Waals surface area contributed by atoms with Crippen LogP contribution < -0.4 is 5.32 Å². The number of nitrogens with zero attached hydrogens (tertiary/aromatic N) is 2. The van der Waals surface area contributed by atoms with E-state index in [1.165, 1.54) is 0 Å². The molecule has 5 nitrogen and oxygen atoms in total. The highest BCUT2D eigenvalue weighted by atomic mass is 79.9. The van der Waals surface area contributed by atoms with Gasteiger partial charge in [0.2, 0.25) is 0 Å². The lowest BCUT2D eigenvalue weighted by Gasteiger charge is -2.23. The quantitative estimate of drug-likeness (QED) is 0.901. The van der Waals surface area contributed by atoms with Crippen molar-refractivity contribution in [1.82, 2.24) is 15.1 Å². The molecule has 0 radical (unpaired) electrons. The minimum atomic E-state index is 0.164. The van der Waals surface area contributed by atoms with Crippen LogP contribution >= 0.6 is 15.9 Å². The Morgan fingerprint density at radius 2 is 2.35 bits per heavy atom. The Morgan fingerprint density at radius 1 is 1.53 bits per heavy atom. The van der Waals surface area contributed by atoms with E-state index in [1.807, 2.05) is 18.7 Å². The zero-order valence-corrected chi connectivity index (χ0v) is 11.8. The molecule has 1 aromatic rings. The number of ether oxygens (including phenoxy) is 2. The van der Waals surface area contributed by atoms with Crippen LogP contribution in [0.4, 0.5) is 0 Å². The van der Waals surface area contributed by atoms with Gasteiger partial charge in [0, 0.05) is 20.1 Å². The minimum Gasteiger partial charge on any atom is -0.376 e. The number of rotatable bonds is 4. The monoisotopic (exact) mass is 303 g/mol. The lowest BCUT2D eigenvalue weighted by atomic mass is 10.3. The molecule has 1 atom stereocenters. The molecule has 0 bridgehead atoms. The predicted octanol–water partition coefficient (Wildman–Crippen LogP) is 0.996. The molecule has 1 saturated heterocycles. The Balaban J connectivity index is 1.81. The third-order valence-electron chi connectivity index (χ3n) is 2.81. The number of hydrogen-bond donors (Lipinski definition) is 1. The maximum Gasteiger partial charge on any atom is 0.0933 e. The van der Waals surface area contributed by atoms with Crippen molar-refractivity contribution in [2.24, 2.45) is 7.05 Å². The van der Waals surface area contributed by atoms with Crippen molar-refractivity contribution in [3.05, 3.63) is 15.9 Å². The molecule has 0 spiro atoms. The first-order chi connectivity index (χ1) is 8.18. The Labute approximate surface area is 110 Å². The molecule has 1 N–H and O–H groups in total. The summed E-state index contributed by atoms with van der Waals surface area (Å²) < 4.78 is 13.9. The SMILES string of the molecule is Cc1nn(C)c(CNCC2COCCO2)c1Br. The molecule has 0 amide bonds. The van der Waals surface area contributed by atoms with E-state index in [0.717, 1.165) is 29.0 Å². The molecule has 2 heterocycles. The first-order valence-corrected chi connectivity index (χ1v) is 6.56. The molecule has 1 aromatic heterocycles. The van der Waals surface area contributed by atoms with E-state index in [-0.39, 0.29) is 6.10 Å². The molecule has 1 aliphatic heterocycles. The fourth-order valence-electron chi connectivity index (χ4n) is 1.88. The van der Waals surface area contributed by atoms with Gasteiger partial charge in [0.25, 0.3) is 0 Å². The van der Waals surface area contributed by atoms with Crippen LogP contribution in [0.2, 0.25) is 0 Å². The van der Waals surface area contributed by atoms with Crippen LogP contribution in [0, 0.1) is 6.92 Å². The summed E-state index contributed by atoms with van der Waals surface area (Å²) in [7, 11) is 1.95. The van der Waals surface area contributed by atoms with E-state index in [4.69, 9.17) is 9.47 Å². The summed E-state index contributed by atoms with van der Waals surface area (Å²) in [6.07, 6.45) is 0.164. The maximum atomic E-state index is 5.56. The molecule has 1 aliphatic rings. The molecule has 96 valence electrons. The van der Waals surface area contributed by atoms with E-state index >= 15 is 0 Å². The highest BCUT2D eigenvalue weighted by molar-refractivity contribution is 9.10. The van der Waals surface area contributed by atoms with Gasteiger partial charge < -0.3 is 14.8 Å². The van der Waals surface area contributed by atoms with Crippen molar-refractivity contribution in [1.29, 1.82) is 0 Å². The van der Waals surface area contributed by atoms with Crippen molar-refractivity contribution in [2.75, 3.05) is 26.4 Å². The van der Waals surface area contributed by atoms with Crippen molar-refractivity contribution in [2.45, 2.75) is 19.6 Å². The van der Waals surface area contributed by atoms with Crippen molar-refractivity contribution in [3.8, 4) is 0 Å². The lowest BCUT2D eigenvalue weighted by Crippen LogP contribution is -2.37. The smallest absolute Gasteiger partial charge is 0.0933 e. The molecule has 1 fully saturated rings. The molecule has 0 aromatic carbocycles. The van der Waals surface area contributed by atoms with Crippen LogP contribution in [-0.2, 0) is 23.1 Å². The van der Waals surface area contributed by atoms with Crippen LogP contribution in [0.15, 0.2) is 4.47 Å². The number of aryl methyl sites for hydroxylation is 2. The van der Waals surface area contributed by atoms with E-state index in [0.29, 0.717) is 19.8 Å². The zero-order chi connectivity index (χ0) is 12.3. The minimum absolute atomic E-state index is 0.164. The normalized spacial score (nSPS) is 20.8. The van der Waals surface area contributed by atoms with Crippen LogP contribution in [0.5, 0.6) is 0 Å². The average Bonchev–Trinajstić information content (AvgIpc) is 2.57. The third kappa shape index (κ3) is 3.28. The van der Waals surface area contributed by atoms with Gasteiger partial charge in [0.05, 0.1) is 41.8 Å². The van der Waals surface area contributed by atoms with Gasteiger partial charge in [-0.1, -0.05) is 0 Å². The Bertz CT molecular complexity index is 375. The molecule has 17 heavy (non-hydrogen) atoms. The standard InChI is InChI=1S/C11H18BrN3O2/c1-8-11(12)10(15(2)14-8)6-13-5-9-7-16-3-4-17-9/h9,13H,3-7H2,1-2H3. The second kappa shape index (κ2) is 5.95. The van der Waals surface area contributed by atoms with Gasteiger partial charge in [-0.15, -0.1) is 0 Å². The largest absolute Gasteiger partial charge is 0.376 e. The Hall–Kier alpha value is -0.430. The molecule has 2 rings (SSSR count). The highest BCUT2D eigenvalue weighted by Crippen LogP contribution is 2.19. The predicted molar refractivity (Wildman–Crippen MR) is 67.9 cm³/mol. The van der Waals surface area contributed by atoms with E-state index < -0.39 is 0 Å². The van der Waals surface area contributed by atoms with Gasteiger partial charge in [-0.05, 0) is 22.9 Å². The van der Waals surface area contributed by atoms with E-state index in [9.17, 15) is 0 Å². The van der Waals surface area contributed by atoms with Gasteiger partial charge in [0.1, 0.15) is 0 Å². The summed E-state index contributed by atoms with van der Waals surface area (Å²) in [6, 6.07) is 0. The fraction of sp³-hybridized carbons (Fsp3) is 0.727. The van der Waals surface area contributed by atoms with Crippen molar-refractivity contribution < 1.29 is 9.47 Å². The van der Waals surface area contributed by atoms with Gasteiger partial charge >= 0.3 is 0 Å². The number of hydrogen-bond acceptors (Lipinski definition) is 4. The number of nitrogens with one attached hydrogen (secondary N) is 1. The number of halogens is 1. The zero-order valence-electron chi connectivity index (χ0n) is 10.2. The molecule has 0 saturated carbocycles. The van der Waals surface area contributed by atoms with Crippen LogP contribution in [0.1, 0.15) is 11.4 Å². The maximum absolute atomic E-state index is 5.56. The molecule has 1 unspecified atom stereocenters. The van der Waals surface area contributed by atoms with Gasteiger partial charge in [-0.2, -0.15) is 5.10 Å². The molecule has 6 heteroatoms. The summed E-state index contributed by atoms with van der Waals surface area (Å²) in [5, 5.41) is 7.72. The Kier molecular flexibility index (Phi) is 4.55. The second-order valence-electron chi connectivity index (χ2n) is 4.17. The van der Waals surface area contributed by atoms with Gasteiger partial charge in [0.15, 0.2) is 0 Å². The summed E-state index contributed by atoms with van der Waals surface area (Å²) in [6.45, 7) is 5.66. The summed E-state index contributed by atoms with van der Waals surface area (Å²) >= 11 is 3.55. The lowest BCUT2D eigenvalue weighted by molar-refractivity contribution is -0.0864. The average molecular weight is 304 g/mol. The molecular weight excluding hydrogens is 286 g/mol. The Morgan fingerprint density at radius 3 is 2.94 bits per heavy atom.